The molecule has 33 nitrogen and oxygen atoms in total. The first kappa shape index (κ1) is 73.6. The number of carbonyl (C=O) groups is 3. The predicted molar refractivity (Wildman–Crippen MR) is 316 cm³/mol. The van der Waals surface area contributed by atoms with Gasteiger partial charge in [-0.15, -0.1) is 25.3 Å². The Bertz CT molecular complexity index is 3810. The number of phosphoric acid groups is 3. The van der Waals surface area contributed by atoms with E-state index >= 15 is 0 Å². The van der Waals surface area contributed by atoms with E-state index in [9.17, 15) is 47.8 Å². The van der Waals surface area contributed by atoms with E-state index in [0.717, 1.165) is 17.4 Å². The van der Waals surface area contributed by atoms with Crippen molar-refractivity contribution in [1.82, 2.24) is 25.5 Å². The summed E-state index contributed by atoms with van der Waals surface area (Å²) in [6, 6.07) is 14.1. The van der Waals surface area contributed by atoms with E-state index in [1.165, 1.54) is 39.9 Å². The number of phosphoric ester groups is 1. The molecular weight excluding hydrogens is 1340 g/mol. The lowest BCUT2D eigenvalue weighted by atomic mass is 9.89. The van der Waals surface area contributed by atoms with Crippen LogP contribution in [-0.2, 0) is 82.9 Å². The van der Waals surface area contributed by atoms with E-state index < -0.39 is 96.9 Å². The number of benzene rings is 3. The van der Waals surface area contributed by atoms with Crippen LogP contribution in [0.5, 0.6) is 0 Å². The van der Waals surface area contributed by atoms with Crippen LogP contribution in [0.25, 0.3) is 33.4 Å². The van der Waals surface area contributed by atoms with Crippen LogP contribution in [0.3, 0.4) is 0 Å². The fourth-order valence-electron chi connectivity index (χ4n) is 7.52. The summed E-state index contributed by atoms with van der Waals surface area (Å²) in [5.41, 5.74) is 13.9. The number of nitrogens with one attached hydrogen (secondary N) is 3. The minimum atomic E-state index is -5.79. The fourth-order valence-corrected chi connectivity index (χ4v) is 12.8. The van der Waals surface area contributed by atoms with Gasteiger partial charge in [0.1, 0.15) is 35.4 Å². The van der Waals surface area contributed by atoms with Gasteiger partial charge < -0.3 is 70.7 Å². The number of ether oxygens (including phenoxy) is 3. The molecule has 3 unspecified atom stereocenters. The topological polar surface area (TPSA) is 523 Å². The van der Waals surface area contributed by atoms with Crippen molar-refractivity contribution in [3.63, 3.8) is 0 Å². The number of hydrogen-bond donors (Lipinski definition) is 11. The van der Waals surface area contributed by atoms with Crippen molar-refractivity contribution >= 4 is 127 Å². The van der Waals surface area contributed by atoms with Crippen LogP contribution in [0.4, 0.5) is 16.3 Å². The molecule has 1 aliphatic carbocycles. The largest absolute Gasteiger partial charge is 0.490 e. The molecule has 2 aliphatic heterocycles. The van der Waals surface area contributed by atoms with Gasteiger partial charge in [-0.05, 0) is 78.2 Å². The maximum Gasteiger partial charge on any atom is 0.490 e. The van der Waals surface area contributed by atoms with E-state index in [0.29, 0.717) is 88.0 Å². The monoisotopic (exact) mass is 1390 g/mol. The second-order valence-electron chi connectivity index (χ2n) is 17.2. The number of unbranched alkanes of at least 4 members (excludes halogenated alkanes) is 2. The van der Waals surface area contributed by atoms with Gasteiger partial charge in [0.2, 0.25) is 0 Å². The smallest absolute Gasteiger partial charge is 0.478 e. The van der Waals surface area contributed by atoms with Crippen molar-refractivity contribution in [2.75, 3.05) is 67.7 Å². The average molecular weight is 1390 g/mol. The van der Waals surface area contributed by atoms with Gasteiger partial charge in [0.25, 0.3) is 5.91 Å². The van der Waals surface area contributed by atoms with E-state index in [1.54, 1.807) is 42.5 Å². The third kappa shape index (κ3) is 26.0. The molecule has 3 heterocycles. The molecule has 1 saturated heterocycles. The number of nitrogens with zero attached hydrogens (tertiary/aromatic N) is 2. The number of amides is 3. The number of aromatic nitrogens is 2. The van der Waals surface area contributed by atoms with Crippen LogP contribution in [0, 0.1) is 11.8 Å². The van der Waals surface area contributed by atoms with Crippen LogP contribution in [0.2, 0.25) is 0 Å². The van der Waals surface area contributed by atoms with Gasteiger partial charge in [0, 0.05) is 78.0 Å². The fraction of sp³-hybridized carbons (Fsp3) is 0.378. The molecule has 1 aromatic heterocycles. The molecule has 476 valence electrons. The second-order valence-corrected chi connectivity index (χ2v) is 28.1. The highest BCUT2D eigenvalue weighted by atomic mass is 33.1. The number of carbonyl (C=O) groups excluding carboxylic acids is 2. The van der Waals surface area contributed by atoms with Gasteiger partial charge in [0.05, 0.1) is 42.4 Å². The van der Waals surface area contributed by atoms with Crippen LogP contribution < -0.4 is 43.9 Å². The van der Waals surface area contributed by atoms with Gasteiger partial charge >= 0.3 is 62.4 Å². The van der Waals surface area contributed by atoms with Crippen LogP contribution in [-0.4, -0.2) is 146 Å². The number of anilines is 2. The summed E-state index contributed by atoms with van der Waals surface area (Å²) in [6.07, 6.45) is 0.102. The lowest BCUT2D eigenvalue weighted by Gasteiger charge is -2.21. The maximum atomic E-state index is 13.3. The molecule has 1 fully saturated rings. The van der Waals surface area contributed by atoms with E-state index in [4.69, 9.17) is 86.3 Å². The van der Waals surface area contributed by atoms with E-state index in [1.807, 2.05) is 6.92 Å². The Morgan fingerprint density at radius 1 is 0.897 bits per heavy atom. The third-order valence-electron chi connectivity index (χ3n) is 11.1. The number of carboxylic acids is 1. The summed E-state index contributed by atoms with van der Waals surface area (Å²) in [4.78, 5) is 91.9. The van der Waals surface area contributed by atoms with E-state index in [-0.39, 0.29) is 47.3 Å². The first-order valence-corrected chi connectivity index (χ1v) is 36.0. The summed E-state index contributed by atoms with van der Waals surface area (Å²) in [5.74, 6) is 5.75. The number of urea groups is 1. The minimum absolute atomic E-state index is 0.00299. The number of aromatic carboxylic acids is 1. The Morgan fingerprint density at radius 2 is 1.61 bits per heavy atom. The average Bonchev–Trinajstić information content (AvgIpc) is 1.13. The summed E-state index contributed by atoms with van der Waals surface area (Å²) >= 11 is 5.32. The molecule has 0 bridgehead atoms. The second kappa shape index (κ2) is 35.4. The Kier molecular flexibility index (Phi) is 30.0. The molecule has 0 radical (unpaired) electrons. The lowest BCUT2D eigenvalue weighted by Crippen LogP contribution is -2.44. The SMILES string of the molecule is CCS(=S)CO[C@@H]1C[C@H](n2cc(C#CCNC(=O)NCCCCCOCSSCCNC(=O)c3ccc(C(=O)O)c(-c4c5ccc(=[NH2+])cc-5oc5cc(N)ccc45)c3)c(N)nc2=O)O[C@@H]1COP(=O)(O)OP(=O)(O)OP(=O)(O)O.O=S(=O)=O.O=S(=O)=O. The van der Waals surface area contributed by atoms with Crippen LogP contribution in [0.15, 0.2) is 70.0 Å². The highest BCUT2D eigenvalue weighted by Gasteiger charge is 2.44. The highest BCUT2D eigenvalue weighted by molar-refractivity contribution is 8.76. The van der Waals surface area contributed by atoms with Gasteiger partial charge in [0.15, 0.2) is 5.36 Å². The quantitative estimate of drug-likeness (QED) is 0.00632. The van der Waals surface area contributed by atoms with Crippen molar-refractivity contribution in [2.45, 2.75) is 51.0 Å². The Labute approximate surface area is 511 Å². The van der Waals surface area contributed by atoms with Gasteiger partial charge in [-0.2, -0.15) is 13.6 Å². The maximum absolute atomic E-state index is 13.3. The predicted octanol–water partition coefficient (Wildman–Crippen LogP) is 0.956. The molecule has 42 heteroatoms. The Hall–Kier alpha value is -5.82. The lowest BCUT2D eigenvalue weighted by molar-refractivity contribution is -0.172. The zero-order valence-electron chi connectivity index (χ0n) is 45.0. The van der Waals surface area contributed by atoms with Crippen molar-refractivity contribution in [3.8, 4) is 34.3 Å². The Balaban J connectivity index is 0.00000190. The van der Waals surface area contributed by atoms with Crippen molar-refractivity contribution < 1.29 is 115 Å². The summed E-state index contributed by atoms with van der Waals surface area (Å²) in [7, 11) is -20.8. The summed E-state index contributed by atoms with van der Waals surface area (Å²) in [5, 5.41) is 25.5. The number of hydrogen-bond acceptors (Lipinski definition) is 26. The molecule has 3 aromatic rings. The molecular formula is C45H56N8O25P3S6+. The van der Waals surface area contributed by atoms with E-state index in [2.05, 4.69) is 41.4 Å². The molecule has 0 spiro atoms. The molecule has 2 aromatic carbocycles. The number of nitrogen functional groups attached to an aromatic ring is 2. The van der Waals surface area contributed by atoms with Crippen molar-refractivity contribution in [3.05, 3.63) is 93.3 Å². The number of rotatable bonds is 28. The van der Waals surface area contributed by atoms with Crippen molar-refractivity contribution in [1.29, 1.82) is 0 Å². The van der Waals surface area contributed by atoms with Gasteiger partial charge in [-0.1, -0.05) is 49.8 Å². The van der Waals surface area contributed by atoms with Gasteiger partial charge in [-0.25, -0.2) is 28.1 Å². The molecule has 14 N–H and O–H groups in total. The zero-order chi connectivity index (χ0) is 64.6. The molecule has 6 rings (SSSR count). The summed E-state index contributed by atoms with van der Waals surface area (Å²) < 4.78 is 123. The third-order valence-corrected chi connectivity index (χ3v) is 19.0. The Morgan fingerprint density at radius 3 is 2.29 bits per heavy atom. The normalized spacial score (nSPS) is 16.3. The minimum Gasteiger partial charge on any atom is -0.478 e. The molecule has 3 amide bonds. The summed E-state index contributed by atoms with van der Waals surface area (Å²) in [6.45, 7) is 2.10. The zero-order valence-corrected chi connectivity index (χ0v) is 52.6. The van der Waals surface area contributed by atoms with Gasteiger partial charge in [-0.3, -0.25) is 19.3 Å². The molecule has 87 heavy (non-hydrogen) atoms. The molecule has 6 atom stereocenters. The highest BCUT2D eigenvalue weighted by Crippen LogP contribution is 2.66. The first-order valence-electron chi connectivity index (χ1n) is 24.5. The van der Waals surface area contributed by atoms with Crippen molar-refractivity contribution in [2.24, 2.45) is 0 Å². The molecule has 0 saturated carbocycles. The first-order chi connectivity index (χ1) is 40.9. The number of fused-ring (bicyclic) bond motifs is 2. The van der Waals surface area contributed by atoms with Crippen LogP contribution >= 0.6 is 45.1 Å². The molecule has 3 aliphatic rings. The standard InChI is InChI=1S/C45H55N8O19P3S4.2O3S/c1-2-79(76)26-67-37-22-39(70-38(37)24-68-74(62,63)72-75(64,65)71-73(59,60)61)53-23-28(41(48)52-45(53)58)7-6-15-51-44(57)50-14-4-3-5-17-66-25-78-77-18-16-49-42(54)27-8-11-31(43(55)56)34(19-27)40-32-12-9-29(46)20-35(32)69-36-21-30(47)10-13-33(36)40;2*1-4(2)3/h8-13,19-21,23,37-39,46H,2-5,14-18,22,24-26,47H2,1H3,(H,49,54)(H,55,56)(H,62,63)(H,64,65)(H2,48,52,58)(H2,50,51,57)(H2,59,60,61);;/p+1/t37-,38-,39-,79?;;/m1../s1. The number of nitrogens with two attached hydrogens (primary N) is 3. The van der Waals surface area contributed by atoms with Crippen LogP contribution in [0.1, 0.15) is 65.1 Å². The number of carboxylic acid groups (broad SMARTS) is 1.